The SMILES string of the molecule is CCCN1CC=C[C@]2(CC)O[C@]34C=CCN(Cc5ccccc5)C(=O)C3N(CCCCCO)C(=O)[C@@H]4[C@@H]2C1=O. The molecule has 0 saturated carbocycles. The molecule has 3 amide bonds. The number of benzene rings is 1. The Hall–Kier alpha value is -2.97. The Labute approximate surface area is 231 Å². The lowest BCUT2D eigenvalue weighted by molar-refractivity contribution is -0.154. The van der Waals surface area contributed by atoms with Gasteiger partial charge in [0.15, 0.2) is 0 Å². The number of carbonyl (C=O) groups is 3. The number of amides is 3. The van der Waals surface area contributed by atoms with E-state index in [1.807, 2.05) is 73.4 Å². The van der Waals surface area contributed by atoms with Crippen LogP contribution in [0.1, 0.15) is 51.5 Å². The minimum absolute atomic E-state index is 0.0638. The van der Waals surface area contributed by atoms with E-state index >= 15 is 0 Å². The first-order valence-corrected chi connectivity index (χ1v) is 14.5. The molecule has 8 heteroatoms. The van der Waals surface area contributed by atoms with Crippen LogP contribution in [0.3, 0.4) is 0 Å². The third-order valence-electron chi connectivity index (χ3n) is 8.87. The zero-order chi connectivity index (χ0) is 27.6. The predicted molar refractivity (Wildman–Crippen MR) is 147 cm³/mol. The second kappa shape index (κ2) is 11.3. The maximum absolute atomic E-state index is 14.4. The van der Waals surface area contributed by atoms with Crippen molar-refractivity contribution in [3.63, 3.8) is 0 Å². The smallest absolute Gasteiger partial charge is 0.249 e. The molecule has 1 aromatic rings. The van der Waals surface area contributed by atoms with Gasteiger partial charge in [-0.15, -0.1) is 0 Å². The van der Waals surface area contributed by atoms with Crippen LogP contribution in [0.2, 0.25) is 0 Å². The van der Waals surface area contributed by atoms with Crippen LogP contribution < -0.4 is 0 Å². The van der Waals surface area contributed by atoms with Crippen molar-refractivity contribution < 1.29 is 24.2 Å². The first-order valence-electron chi connectivity index (χ1n) is 14.5. The quantitative estimate of drug-likeness (QED) is 0.368. The van der Waals surface area contributed by atoms with Crippen LogP contribution in [0.5, 0.6) is 0 Å². The number of fused-ring (bicyclic) bond motifs is 2. The molecule has 39 heavy (non-hydrogen) atoms. The summed E-state index contributed by atoms with van der Waals surface area (Å²) in [5, 5.41) is 9.27. The van der Waals surface area contributed by atoms with E-state index in [-0.39, 0.29) is 24.3 Å². The van der Waals surface area contributed by atoms with Gasteiger partial charge in [0.05, 0.1) is 17.4 Å². The molecule has 0 aromatic heterocycles. The number of rotatable bonds is 10. The Morgan fingerprint density at radius 1 is 0.872 bits per heavy atom. The molecule has 2 fully saturated rings. The van der Waals surface area contributed by atoms with Crippen molar-refractivity contribution in [3.8, 4) is 0 Å². The molecule has 1 N–H and O–H groups in total. The lowest BCUT2D eigenvalue weighted by atomic mass is 9.73. The maximum atomic E-state index is 14.4. The van der Waals surface area contributed by atoms with E-state index in [1.54, 1.807) is 9.80 Å². The van der Waals surface area contributed by atoms with E-state index in [1.165, 1.54) is 0 Å². The Morgan fingerprint density at radius 2 is 1.62 bits per heavy atom. The highest BCUT2D eigenvalue weighted by Gasteiger charge is 2.75. The van der Waals surface area contributed by atoms with Crippen LogP contribution in [0, 0.1) is 11.8 Å². The van der Waals surface area contributed by atoms with Crippen LogP contribution in [0.15, 0.2) is 54.6 Å². The van der Waals surface area contributed by atoms with Crippen LogP contribution in [0.25, 0.3) is 0 Å². The highest BCUT2D eigenvalue weighted by atomic mass is 16.5. The minimum Gasteiger partial charge on any atom is -0.396 e. The molecule has 1 aromatic carbocycles. The van der Waals surface area contributed by atoms with Gasteiger partial charge >= 0.3 is 0 Å². The van der Waals surface area contributed by atoms with E-state index in [2.05, 4.69) is 0 Å². The summed E-state index contributed by atoms with van der Waals surface area (Å²) >= 11 is 0. The fraction of sp³-hybridized carbons (Fsp3) is 0.581. The van der Waals surface area contributed by atoms with Crippen LogP contribution in [0.4, 0.5) is 0 Å². The molecule has 4 aliphatic heterocycles. The van der Waals surface area contributed by atoms with Gasteiger partial charge in [0.25, 0.3) is 0 Å². The molecule has 1 unspecified atom stereocenters. The summed E-state index contributed by atoms with van der Waals surface area (Å²) < 4.78 is 7.00. The maximum Gasteiger partial charge on any atom is 0.249 e. The van der Waals surface area contributed by atoms with Crippen LogP contribution in [-0.2, 0) is 25.7 Å². The van der Waals surface area contributed by atoms with Gasteiger partial charge < -0.3 is 24.5 Å². The molecular weight excluding hydrogens is 494 g/mol. The van der Waals surface area contributed by atoms with E-state index in [9.17, 15) is 19.5 Å². The van der Waals surface area contributed by atoms with Gasteiger partial charge in [-0.1, -0.05) is 68.5 Å². The standard InChI is InChI=1S/C31H41N3O5/c1-3-17-32-18-11-15-30(4-2)24(27(32)36)25-28(37)34(20-9-6-10-21-35)26-29(38)33(19-12-16-31(25,26)39-30)22-23-13-7-5-8-14-23/h5,7-8,11-16,24-26,35H,3-4,6,9-10,17-22H2,1-2H3/t24-,25+,26?,30+,31+/m1/s1. The third-order valence-corrected chi connectivity index (χ3v) is 8.87. The summed E-state index contributed by atoms with van der Waals surface area (Å²) in [5.41, 5.74) is -1.14. The number of nitrogens with zero attached hydrogens (tertiary/aromatic N) is 3. The summed E-state index contributed by atoms with van der Waals surface area (Å²) in [4.78, 5) is 48.2. The zero-order valence-electron chi connectivity index (χ0n) is 23.1. The summed E-state index contributed by atoms with van der Waals surface area (Å²) in [6, 6.07) is 9.00. The van der Waals surface area contributed by atoms with E-state index in [0.29, 0.717) is 52.0 Å². The number of aliphatic hydroxyl groups excluding tert-OH is 1. The van der Waals surface area contributed by atoms with Gasteiger partial charge in [0.1, 0.15) is 11.6 Å². The molecular formula is C31H41N3O5. The van der Waals surface area contributed by atoms with Gasteiger partial charge in [-0.3, -0.25) is 14.4 Å². The van der Waals surface area contributed by atoms with Crippen molar-refractivity contribution in [1.29, 1.82) is 0 Å². The van der Waals surface area contributed by atoms with Crippen molar-refractivity contribution in [2.75, 3.05) is 32.8 Å². The Balaban J connectivity index is 1.57. The number of hydrogen-bond acceptors (Lipinski definition) is 5. The second-order valence-corrected chi connectivity index (χ2v) is 11.2. The van der Waals surface area contributed by atoms with Gasteiger partial charge in [0.2, 0.25) is 17.7 Å². The van der Waals surface area contributed by atoms with Gasteiger partial charge in [-0.25, -0.2) is 0 Å². The fourth-order valence-corrected chi connectivity index (χ4v) is 7.08. The summed E-state index contributed by atoms with van der Waals surface area (Å²) in [5.74, 6) is -1.85. The fourth-order valence-electron chi connectivity index (χ4n) is 7.08. The second-order valence-electron chi connectivity index (χ2n) is 11.2. The van der Waals surface area contributed by atoms with Gasteiger partial charge in [-0.2, -0.15) is 0 Å². The first kappa shape index (κ1) is 27.6. The summed E-state index contributed by atoms with van der Waals surface area (Å²) in [6.45, 7) is 6.46. The van der Waals surface area contributed by atoms with Gasteiger partial charge in [-0.05, 0) is 37.7 Å². The Bertz CT molecular complexity index is 1140. The normalized spacial score (nSPS) is 31.8. The molecule has 2 saturated heterocycles. The molecule has 0 radical (unpaired) electrons. The van der Waals surface area contributed by atoms with Crippen LogP contribution >= 0.6 is 0 Å². The monoisotopic (exact) mass is 535 g/mol. The summed E-state index contributed by atoms with van der Waals surface area (Å²) in [6.07, 6.45) is 11.3. The number of ether oxygens (including phenoxy) is 1. The van der Waals surface area contributed by atoms with Crippen molar-refractivity contribution in [2.45, 2.75) is 69.7 Å². The largest absolute Gasteiger partial charge is 0.396 e. The van der Waals surface area contributed by atoms with Crippen molar-refractivity contribution >= 4 is 17.7 Å². The molecule has 4 aliphatic rings. The van der Waals surface area contributed by atoms with Crippen LogP contribution in [-0.4, -0.2) is 87.6 Å². The average molecular weight is 536 g/mol. The minimum atomic E-state index is -1.22. The lowest BCUT2D eigenvalue weighted by Gasteiger charge is -2.38. The lowest BCUT2D eigenvalue weighted by Crippen LogP contribution is -2.56. The molecule has 0 bridgehead atoms. The first-order chi connectivity index (χ1) is 18.9. The number of likely N-dealkylation sites (tertiary alicyclic amines) is 1. The van der Waals surface area contributed by atoms with Crippen molar-refractivity contribution in [3.05, 3.63) is 60.2 Å². The Kier molecular flexibility index (Phi) is 7.96. The number of aliphatic hydroxyl groups is 1. The van der Waals surface area contributed by atoms with Crippen molar-refractivity contribution in [2.24, 2.45) is 11.8 Å². The van der Waals surface area contributed by atoms with E-state index in [0.717, 1.165) is 18.4 Å². The Morgan fingerprint density at radius 3 is 2.33 bits per heavy atom. The topological polar surface area (TPSA) is 90.4 Å². The van der Waals surface area contributed by atoms with E-state index in [4.69, 9.17) is 4.74 Å². The molecule has 1 spiro atoms. The molecule has 210 valence electrons. The number of unbranched alkanes of at least 4 members (excludes halogenated alkanes) is 2. The summed E-state index contributed by atoms with van der Waals surface area (Å²) in [7, 11) is 0. The van der Waals surface area contributed by atoms with E-state index < -0.39 is 29.1 Å². The molecule has 5 rings (SSSR count). The van der Waals surface area contributed by atoms with Gasteiger partial charge in [0, 0.05) is 39.3 Å². The third kappa shape index (κ3) is 4.61. The average Bonchev–Trinajstić information content (AvgIpc) is 3.24. The number of carbonyl (C=O) groups excluding carboxylic acids is 3. The highest BCUT2D eigenvalue weighted by Crippen LogP contribution is 2.58. The van der Waals surface area contributed by atoms with Crippen molar-refractivity contribution in [1.82, 2.24) is 14.7 Å². The zero-order valence-corrected chi connectivity index (χ0v) is 23.1. The molecule has 5 atom stereocenters. The molecule has 0 aliphatic carbocycles. The predicted octanol–water partition coefficient (Wildman–Crippen LogP) is 2.92. The number of hydrogen-bond donors (Lipinski definition) is 1. The molecule has 8 nitrogen and oxygen atoms in total. The molecule has 4 heterocycles. The highest BCUT2D eigenvalue weighted by molar-refractivity contribution is 6.00.